The van der Waals surface area contributed by atoms with Crippen molar-refractivity contribution < 1.29 is 18.0 Å². The molecule has 1 saturated heterocycles. The van der Waals surface area contributed by atoms with E-state index in [0.717, 1.165) is 30.4 Å². The molecular weight excluding hydrogens is 680 g/mol. The van der Waals surface area contributed by atoms with Gasteiger partial charge in [-0.1, -0.05) is 68.8 Å². The molecule has 2 atom stereocenters. The van der Waals surface area contributed by atoms with E-state index in [-0.39, 0.29) is 11.0 Å². The van der Waals surface area contributed by atoms with Crippen molar-refractivity contribution in [1.29, 1.82) is 0 Å². The first-order chi connectivity index (χ1) is 21.4. The Bertz CT molecular complexity index is 1490. The summed E-state index contributed by atoms with van der Waals surface area (Å²) in [7, 11) is 16.6. The number of hydrogen-bond donors (Lipinski definition) is 0. The molecule has 5 heteroatoms. The Balaban J connectivity index is 0.000000207. The second-order valence-electron chi connectivity index (χ2n) is 14.0. The monoisotopic (exact) mass is 732 g/mol. The number of hydrogen-bond acceptors (Lipinski definition) is 1. The summed E-state index contributed by atoms with van der Waals surface area (Å²) in [6, 6.07) is 30.0. The van der Waals surface area contributed by atoms with Crippen molar-refractivity contribution in [3.8, 4) is 0 Å². The molecule has 1 aliphatic heterocycles. The molecular formula is C40H52Cl2N2Ru. The molecule has 2 unspecified atom stereocenters. The van der Waals surface area contributed by atoms with Gasteiger partial charge in [-0.15, -0.1) is 5.41 Å². The quantitative estimate of drug-likeness (QED) is 0.120. The SMILES string of the molecule is CCC1=C(N2[CH-]C(C)(c3ccccc3)CC2(C)C)C(CC)CC=C1.C[N+](C)(Cc1ccccc1)Cc1ccccc1[CH]=[Ru]([Cl])[Cl]. The van der Waals surface area contributed by atoms with E-state index in [0.29, 0.717) is 5.92 Å². The summed E-state index contributed by atoms with van der Waals surface area (Å²) >= 11 is -1.79. The van der Waals surface area contributed by atoms with Gasteiger partial charge in [-0.2, -0.15) is 0 Å². The molecule has 5 rings (SSSR count). The zero-order chi connectivity index (χ0) is 32.7. The summed E-state index contributed by atoms with van der Waals surface area (Å²) in [6.07, 6.45) is 9.40. The number of likely N-dealkylation sites (tertiary alicyclic amines) is 1. The fraction of sp³-hybridized carbons (Fsp3) is 0.400. The van der Waals surface area contributed by atoms with Crippen molar-refractivity contribution in [3.63, 3.8) is 0 Å². The van der Waals surface area contributed by atoms with Gasteiger partial charge in [0.05, 0.1) is 0 Å². The molecule has 3 aromatic carbocycles. The van der Waals surface area contributed by atoms with Crippen LogP contribution in [0.5, 0.6) is 0 Å². The van der Waals surface area contributed by atoms with Gasteiger partial charge < -0.3 is 4.90 Å². The summed E-state index contributed by atoms with van der Waals surface area (Å²) in [5.74, 6) is 0.651. The maximum absolute atomic E-state index is 6.03. The van der Waals surface area contributed by atoms with Gasteiger partial charge in [-0.25, -0.2) is 6.54 Å². The van der Waals surface area contributed by atoms with Crippen molar-refractivity contribution in [3.05, 3.63) is 137 Å². The third-order valence-corrected chi connectivity index (χ3v) is 11.0. The third kappa shape index (κ3) is 9.51. The van der Waals surface area contributed by atoms with Crippen LogP contribution < -0.4 is 0 Å². The number of quaternary nitrogens is 1. The van der Waals surface area contributed by atoms with Gasteiger partial charge >= 0.3 is 140 Å². The van der Waals surface area contributed by atoms with Gasteiger partial charge in [-0.05, 0) is 56.7 Å². The summed E-state index contributed by atoms with van der Waals surface area (Å²) < 4.78 is 2.93. The number of halogens is 2. The Labute approximate surface area is 286 Å². The number of rotatable bonds is 9. The summed E-state index contributed by atoms with van der Waals surface area (Å²) in [5, 5.41) is 0. The van der Waals surface area contributed by atoms with E-state index in [9.17, 15) is 0 Å². The van der Waals surface area contributed by atoms with Crippen LogP contribution in [-0.4, -0.2) is 33.6 Å². The summed E-state index contributed by atoms with van der Waals surface area (Å²) in [6.45, 7) is 16.3. The molecule has 244 valence electrons. The van der Waals surface area contributed by atoms with Crippen LogP contribution in [0.1, 0.15) is 82.6 Å². The Morgan fingerprint density at radius 1 is 0.889 bits per heavy atom. The zero-order valence-electron chi connectivity index (χ0n) is 28.2. The molecule has 45 heavy (non-hydrogen) atoms. The molecule has 0 spiro atoms. The van der Waals surface area contributed by atoms with Crippen LogP contribution in [-0.2, 0) is 32.0 Å². The van der Waals surface area contributed by atoms with Gasteiger partial charge in [0.15, 0.2) is 0 Å². The molecule has 3 aromatic rings. The molecule has 1 heterocycles. The van der Waals surface area contributed by atoms with Gasteiger partial charge in [0.1, 0.15) is 0 Å². The van der Waals surface area contributed by atoms with E-state index in [1.807, 2.05) is 10.7 Å². The molecule has 0 amide bonds. The third-order valence-electron chi connectivity index (χ3n) is 9.18. The summed E-state index contributed by atoms with van der Waals surface area (Å²) in [5.41, 5.74) is 8.63. The average molecular weight is 733 g/mol. The van der Waals surface area contributed by atoms with Gasteiger partial charge in [0.2, 0.25) is 0 Å². The van der Waals surface area contributed by atoms with Crippen LogP contribution in [0.15, 0.2) is 108 Å². The topological polar surface area (TPSA) is 3.24 Å². The predicted molar refractivity (Wildman–Crippen MR) is 193 cm³/mol. The Morgan fingerprint density at radius 3 is 2.13 bits per heavy atom. The fourth-order valence-corrected chi connectivity index (χ4v) is 9.06. The Hall–Kier alpha value is -2.03. The van der Waals surface area contributed by atoms with E-state index < -0.39 is 13.5 Å². The van der Waals surface area contributed by atoms with Crippen molar-refractivity contribution >= 4 is 24.0 Å². The van der Waals surface area contributed by atoms with Crippen LogP contribution in [0.25, 0.3) is 0 Å². The summed E-state index contributed by atoms with van der Waals surface area (Å²) in [4.78, 5) is 2.64. The molecule has 0 radical (unpaired) electrons. The molecule has 2 nitrogen and oxygen atoms in total. The van der Waals surface area contributed by atoms with E-state index in [4.69, 9.17) is 19.4 Å². The molecule has 0 bridgehead atoms. The predicted octanol–water partition coefficient (Wildman–Crippen LogP) is 10.8. The van der Waals surface area contributed by atoms with Gasteiger partial charge in [0, 0.05) is 5.54 Å². The van der Waals surface area contributed by atoms with E-state index in [1.54, 1.807) is 5.70 Å². The van der Waals surface area contributed by atoms with E-state index >= 15 is 0 Å². The zero-order valence-corrected chi connectivity index (χ0v) is 31.5. The molecule has 0 N–H and O–H groups in total. The maximum atomic E-state index is 6.03. The van der Waals surface area contributed by atoms with Crippen LogP contribution in [0.4, 0.5) is 0 Å². The molecule has 1 fully saturated rings. The number of nitrogens with zero attached hydrogens (tertiary/aromatic N) is 2. The number of allylic oxidation sites excluding steroid dienone is 4. The van der Waals surface area contributed by atoms with Crippen molar-refractivity contribution in [2.45, 2.75) is 84.3 Å². The fourth-order valence-electron chi connectivity index (χ4n) is 7.18. The standard InChI is InChI=1S/C23H32N.C17H20N.2ClH.Ru/c1-6-18-12-11-13-19(7-2)21(18)24-17-23(5,16-22(24,3)4)20-14-9-8-10-15-20;1-15-9-7-8-12-17(15)14-18(2,3)13-16-10-5-4-6-11-16;;;/h8-12,14-15,17,19H,6-7,13,16H2,1-5H3;1,4-12H,13-14H2,2-3H3;2*1H;/q-1;+1;;;+2/p-2. The van der Waals surface area contributed by atoms with Crippen LogP contribution in [0.3, 0.4) is 0 Å². The van der Waals surface area contributed by atoms with Crippen LogP contribution in [0.2, 0.25) is 0 Å². The minimum atomic E-state index is -1.79. The molecule has 0 saturated carbocycles. The first-order valence-corrected chi connectivity index (χ1v) is 21.7. The second-order valence-corrected chi connectivity index (χ2v) is 19.7. The van der Waals surface area contributed by atoms with E-state index in [2.05, 4.69) is 151 Å². The first-order valence-electron chi connectivity index (χ1n) is 16.2. The Morgan fingerprint density at radius 2 is 1.51 bits per heavy atom. The van der Waals surface area contributed by atoms with E-state index in [1.165, 1.54) is 40.7 Å². The molecule has 1 aliphatic carbocycles. The van der Waals surface area contributed by atoms with Gasteiger partial charge in [-0.3, -0.25) is 0 Å². The Kier molecular flexibility index (Phi) is 12.5. The van der Waals surface area contributed by atoms with Crippen molar-refractivity contribution in [1.82, 2.24) is 4.90 Å². The minimum absolute atomic E-state index is 0.107. The molecule has 2 aliphatic rings. The van der Waals surface area contributed by atoms with Crippen molar-refractivity contribution in [2.24, 2.45) is 5.92 Å². The van der Waals surface area contributed by atoms with Crippen LogP contribution >= 0.6 is 19.4 Å². The van der Waals surface area contributed by atoms with Crippen LogP contribution in [0, 0.1) is 12.5 Å². The second kappa shape index (κ2) is 15.7. The number of benzene rings is 3. The average Bonchev–Trinajstić information content (AvgIpc) is 3.27. The normalized spacial score (nSPS) is 21.3. The first kappa shape index (κ1) is 35.8. The molecule has 0 aromatic heterocycles. The van der Waals surface area contributed by atoms with Gasteiger partial charge in [0.25, 0.3) is 0 Å². The van der Waals surface area contributed by atoms with Crippen molar-refractivity contribution in [2.75, 3.05) is 14.1 Å².